The van der Waals surface area contributed by atoms with Crippen LogP contribution >= 0.6 is 0 Å². The number of nitrogens with one attached hydrogen (secondary N) is 1. The van der Waals surface area contributed by atoms with Crippen molar-refractivity contribution < 1.29 is 19.1 Å². The number of urea groups is 1. The zero-order valence-electron chi connectivity index (χ0n) is 14.3. The van der Waals surface area contributed by atoms with Crippen molar-refractivity contribution in [2.75, 3.05) is 26.1 Å². The summed E-state index contributed by atoms with van der Waals surface area (Å²) >= 11 is 0. The fourth-order valence-corrected chi connectivity index (χ4v) is 1.99. The van der Waals surface area contributed by atoms with E-state index in [1.807, 2.05) is 50.2 Å². The van der Waals surface area contributed by atoms with Crippen molar-refractivity contribution in [3.05, 3.63) is 48.0 Å². The lowest BCUT2D eigenvalue weighted by Crippen LogP contribution is -2.30. The van der Waals surface area contributed by atoms with Gasteiger partial charge in [0.2, 0.25) is 0 Å². The predicted octanol–water partition coefficient (Wildman–Crippen LogP) is 4.21. The Morgan fingerprint density at radius 2 is 1.79 bits per heavy atom. The number of carbonyl (C=O) groups excluding carboxylic acids is 1. The molecular weight excluding hydrogens is 308 g/mol. The fraction of sp³-hybridized carbons (Fsp3) is 0.278. The van der Waals surface area contributed by atoms with Crippen LogP contribution in [0.4, 0.5) is 10.5 Å². The lowest BCUT2D eigenvalue weighted by molar-refractivity contribution is -0.0598. The number of hydrogen-bond donors (Lipinski definition) is 1. The topological polar surface area (TPSA) is 60.0 Å². The van der Waals surface area contributed by atoms with Crippen LogP contribution < -0.4 is 14.8 Å². The zero-order valence-corrected chi connectivity index (χ0v) is 14.3. The van der Waals surface area contributed by atoms with Gasteiger partial charge >= 0.3 is 6.03 Å². The summed E-state index contributed by atoms with van der Waals surface area (Å²) in [6.07, 6.45) is 0. The van der Waals surface area contributed by atoms with Crippen LogP contribution in [0.5, 0.6) is 17.2 Å². The molecule has 2 amide bonds. The van der Waals surface area contributed by atoms with E-state index in [4.69, 9.17) is 14.3 Å². The maximum absolute atomic E-state index is 12.0. The number of carbonyl (C=O) groups is 1. The molecule has 0 unspecified atom stereocenters. The normalized spacial score (nSPS) is 10.2. The van der Waals surface area contributed by atoms with Crippen molar-refractivity contribution in [3.8, 4) is 17.2 Å². The Bertz CT molecular complexity index is 686. The Morgan fingerprint density at radius 3 is 2.42 bits per heavy atom. The van der Waals surface area contributed by atoms with Crippen molar-refractivity contribution in [2.24, 2.45) is 0 Å². The van der Waals surface area contributed by atoms with Crippen molar-refractivity contribution in [1.82, 2.24) is 5.06 Å². The van der Waals surface area contributed by atoms with Crippen molar-refractivity contribution in [1.29, 1.82) is 0 Å². The second-order valence-electron chi connectivity index (χ2n) is 5.12. The Balaban J connectivity index is 2.19. The van der Waals surface area contributed by atoms with Crippen LogP contribution in [0.3, 0.4) is 0 Å². The fourth-order valence-electron chi connectivity index (χ4n) is 1.99. The van der Waals surface area contributed by atoms with E-state index in [0.29, 0.717) is 23.8 Å². The van der Waals surface area contributed by atoms with Crippen LogP contribution in [-0.4, -0.2) is 31.9 Å². The first-order valence-electron chi connectivity index (χ1n) is 7.63. The van der Waals surface area contributed by atoms with Gasteiger partial charge in [-0.15, -0.1) is 0 Å². The largest absolute Gasteiger partial charge is 0.494 e. The van der Waals surface area contributed by atoms with Crippen molar-refractivity contribution >= 4 is 11.7 Å². The molecule has 0 saturated heterocycles. The average Bonchev–Trinajstić information content (AvgIpc) is 2.58. The highest BCUT2D eigenvalue weighted by atomic mass is 16.7. The van der Waals surface area contributed by atoms with Gasteiger partial charge in [0.25, 0.3) is 0 Å². The average molecular weight is 330 g/mol. The second kappa shape index (κ2) is 8.21. The summed E-state index contributed by atoms with van der Waals surface area (Å²) in [5.41, 5.74) is 1.58. The van der Waals surface area contributed by atoms with Gasteiger partial charge in [-0.25, -0.2) is 9.86 Å². The molecule has 0 bridgehead atoms. The third-order valence-corrected chi connectivity index (χ3v) is 3.30. The minimum absolute atomic E-state index is 0.391. The van der Waals surface area contributed by atoms with E-state index in [0.717, 1.165) is 16.4 Å². The Morgan fingerprint density at radius 1 is 1.12 bits per heavy atom. The molecule has 0 heterocycles. The molecular formula is C18H22N2O4. The number of aryl methyl sites for hydroxylation is 1. The third kappa shape index (κ3) is 4.63. The highest BCUT2D eigenvalue weighted by molar-refractivity contribution is 5.90. The molecule has 0 fully saturated rings. The molecule has 2 aromatic rings. The standard InChI is InChI=1S/C18H22N2O4/c1-5-23-14-7-9-15(10-8-14)24-17-12-13(2)6-11-16(17)19-18(21)20(3)22-4/h6-12H,5H2,1-4H3,(H,19,21). The van der Waals surface area contributed by atoms with E-state index in [2.05, 4.69) is 5.32 Å². The summed E-state index contributed by atoms with van der Waals surface area (Å²) in [4.78, 5) is 16.8. The molecule has 1 N–H and O–H groups in total. The van der Waals surface area contributed by atoms with E-state index in [1.165, 1.54) is 14.2 Å². The number of benzene rings is 2. The SMILES string of the molecule is CCOc1ccc(Oc2cc(C)ccc2NC(=O)N(C)OC)cc1. The first kappa shape index (κ1) is 17.6. The first-order chi connectivity index (χ1) is 11.5. The monoisotopic (exact) mass is 330 g/mol. The van der Waals surface area contributed by atoms with Crippen LogP contribution in [0, 0.1) is 6.92 Å². The third-order valence-electron chi connectivity index (χ3n) is 3.30. The van der Waals surface area contributed by atoms with E-state index in [9.17, 15) is 4.79 Å². The molecule has 0 aromatic heterocycles. The summed E-state index contributed by atoms with van der Waals surface area (Å²) in [6, 6.07) is 12.5. The van der Waals surface area contributed by atoms with Gasteiger partial charge in [-0.1, -0.05) is 6.07 Å². The van der Waals surface area contributed by atoms with Gasteiger partial charge in [0.05, 0.1) is 19.4 Å². The summed E-state index contributed by atoms with van der Waals surface area (Å²) in [7, 11) is 2.95. The molecule has 0 spiro atoms. The molecule has 2 aromatic carbocycles. The Kier molecular flexibility index (Phi) is 6.03. The number of anilines is 1. The number of hydrogen-bond acceptors (Lipinski definition) is 4. The van der Waals surface area contributed by atoms with E-state index in [1.54, 1.807) is 6.07 Å². The number of rotatable bonds is 6. The molecule has 0 aliphatic heterocycles. The van der Waals surface area contributed by atoms with Crippen LogP contribution in [0.1, 0.15) is 12.5 Å². The predicted molar refractivity (Wildman–Crippen MR) is 92.7 cm³/mol. The van der Waals surface area contributed by atoms with Crippen LogP contribution in [0.2, 0.25) is 0 Å². The molecule has 6 heteroatoms. The van der Waals surface area contributed by atoms with Crippen molar-refractivity contribution in [2.45, 2.75) is 13.8 Å². The van der Waals surface area contributed by atoms with Crippen LogP contribution in [0.25, 0.3) is 0 Å². The van der Waals surface area contributed by atoms with Gasteiger partial charge in [-0.05, 0) is 55.8 Å². The van der Waals surface area contributed by atoms with Gasteiger partial charge < -0.3 is 14.8 Å². The zero-order chi connectivity index (χ0) is 17.5. The molecule has 0 saturated carbocycles. The van der Waals surface area contributed by atoms with Crippen LogP contribution in [-0.2, 0) is 4.84 Å². The molecule has 6 nitrogen and oxygen atoms in total. The Hall–Kier alpha value is -2.73. The quantitative estimate of drug-likeness (QED) is 0.806. The van der Waals surface area contributed by atoms with E-state index >= 15 is 0 Å². The highest BCUT2D eigenvalue weighted by Crippen LogP contribution is 2.31. The molecule has 0 aliphatic rings. The van der Waals surface area contributed by atoms with E-state index < -0.39 is 6.03 Å². The summed E-state index contributed by atoms with van der Waals surface area (Å²) in [5, 5.41) is 3.85. The molecule has 2 rings (SSSR count). The van der Waals surface area contributed by atoms with Gasteiger partial charge in [0.1, 0.15) is 11.5 Å². The van der Waals surface area contributed by atoms with Crippen LogP contribution in [0.15, 0.2) is 42.5 Å². The van der Waals surface area contributed by atoms with Gasteiger partial charge in [-0.2, -0.15) is 0 Å². The van der Waals surface area contributed by atoms with Gasteiger partial charge in [-0.3, -0.25) is 4.84 Å². The van der Waals surface area contributed by atoms with Crippen molar-refractivity contribution in [3.63, 3.8) is 0 Å². The summed E-state index contributed by atoms with van der Waals surface area (Å²) in [5.74, 6) is 1.99. The first-order valence-corrected chi connectivity index (χ1v) is 7.63. The second-order valence-corrected chi connectivity index (χ2v) is 5.12. The summed E-state index contributed by atoms with van der Waals surface area (Å²) < 4.78 is 11.3. The number of hydroxylamine groups is 2. The number of ether oxygens (including phenoxy) is 2. The number of nitrogens with zero attached hydrogens (tertiary/aromatic N) is 1. The minimum atomic E-state index is -0.391. The van der Waals surface area contributed by atoms with Gasteiger partial charge in [0.15, 0.2) is 5.75 Å². The Labute approximate surface area is 141 Å². The van der Waals surface area contributed by atoms with Gasteiger partial charge in [0, 0.05) is 7.05 Å². The number of amides is 2. The highest BCUT2D eigenvalue weighted by Gasteiger charge is 2.12. The lowest BCUT2D eigenvalue weighted by Gasteiger charge is -2.17. The minimum Gasteiger partial charge on any atom is -0.494 e. The smallest absolute Gasteiger partial charge is 0.345 e. The maximum atomic E-state index is 12.0. The lowest BCUT2D eigenvalue weighted by atomic mass is 10.2. The molecule has 0 aliphatic carbocycles. The maximum Gasteiger partial charge on any atom is 0.345 e. The molecule has 0 atom stereocenters. The van der Waals surface area contributed by atoms with E-state index in [-0.39, 0.29) is 0 Å². The summed E-state index contributed by atoms with van der Waals surface area (Å²) in [6.45, 7) is 4.50. The molecule has 128 valence electrons. The molecule has 24 heavy (non-hydrogen) atoms. The molecule has 0 radical (unpaired) electrons.